The number of aryl methyl sites for hydroxylation is 1. The summed E-state index contributed by atoms with van der Waals surface area (Å²) < 4.78 is 0. The van der Waals surface area contributed by atoms with Crippen LogP contribution in [0.2, 0.25) is 0 Å². The summed E-state index contributed by atoms with van der Waals surface area (Å²) >= 11 is 0. The van der Waals surface area contributed by atoms with Crippen molar-refractivity contribution in [3.05, 3.63) is 35.4 Å². The summed E-state index contributed by atoms with van der Waals surface area (Å²) in [6.07, 6.45) is 2.27. The summed E-state index contributed by atoms with van der Waals surface area (Å²) in [6.45, 7) is 3.95. The van der Waals surface area contributed by atoms with Crippen LogP contribution >= 0.6 is 0 Å². The van der Waals surface area contributed by atoms with E-state index in [9.17, 15) is 0 Å². The van der Waals surface area contributed by atoms with Gasteiger partial charge in [-0.3, -0.25) is 0 Å². The first-order valence-corrected chi connectivity index (χ1v) is 4.56. The number of oxime groups is 1. The molecule has 0 saturated carbocycles. The molecule has 0 atom stereocenters. The Labute approximate surface area is 78.9 Å². The lowest BCUT2D eigenvalue weighted by Gasteiger charge is -2.01. The molecule has 0 aliphatic heterocycles. The molecule has 0 bridgehead atoms. The van der Waals surface area contributed by atoms with Crippen LogP contribution in [0.1, 0.15) is 31.4 Å². The molecule has 70 valence electrons. The molecule has 0 spiro atoms. The molecule has 0 saturated heterocycles. The Kier molecular flexibility index (Phi) is 3.50. The smallest absolute Gasteiger partial charge is 0.0836 e. The van der Waals surface area contributed by atoms with Crippen molar-refractivity contribution in [3.63, 3.8) is 0 Å². The van der Waals surface area contributed by atoms with Crippen LogP contribution < -0.4 is 0 Å². The summed E-state index contributed by atoms with van der Waals surface area (Å²) in [7, 11) is 0. The predicted octanol–water partition coefficient (Wildman–Crippen LogP) is 2.84. The van der Waals surface area contributed by atoms with E-state index in [1.54, 1.807) is 6.92 Å². The van der Waals surface area contributed by atoms with Gasteiger partial charge in [0.15, 0.2) is 0 Å². The Balaban J connectivity index is 2.81. The van der Waals surface area contributed by atoms with E-state index in [4.69, 9.17) is 5.21 Å². The van der Waals surface area contributed by atoms with Crippen LogP contribution in [0.5, 0.6) is 0 Å². The van der Waals surface area contributed by atoms with E-state index in [1.165, 1.54) is 5.56 Å². The van der Waals surface area contributed by atoms with Gasteiger partial charge in [0.2, 0.25) is 0 Å². The number of benzene rings is 1. The molecule has 13 heavy (non-hydrogen) atoms. The average molecular weight is 177 g/mol. The Morgan fingerprint density at radius 3 is 2.38 bits per heavy atom. The topological polar surface area (TPSA) is 32.6 Å². The van der Waals surface area contributed by atoms with E-state index < -0.39 is 0 Å². The summed E-state index contributed by atoms with van der Waals surface area (Å²) in [5.41, 5.74) is 2.96. The third-order valence-electron chi connectivity index (χ3n) is 2.06. The molecule has 1 rings (SSSR count). The highest BCUT2D eigenvalue weighted by Crippen LogP contribution is 2.07. The van der Waals surface area contributed by atoms with Gasteiger partial charge in [-0.1, -0.05) is 42.8 Å². The summed E-state index contributed by atoms with van der Waals surface area (Å²) in [5.74, 6) is 0. The molecule has 0 aromatic heterocycles. The molecule has 0 radical (unpaired) electrons. The zero-order valence-electron chi connectivity index (χ0n) is 8.12. The molecule has 0 unspecified atom stereocenters. The molecular formula is C11H15NO. The maximum Gasteiger partial charge on any atom is 0.0836 e. The van der Waals surface area contributed by atoms with Gasteiger partial charge in [-0.15, -0.1) is 0 Å². The minimum absolute atomic E-state index is 0.656. The molecule has 2 nitrogen and oxygen atoms in total. The van der Waals surface area contributed by atoms with Gasteiger partial charge in [0.1, 0.15) is 0 Å². The van der Waals surface area contributed by atoms with Crippen LogP contribution in [0.15, 0.2) is 29.4 Å². The van der Waals surface area contributed by atoms with Crippen LogP contribution in [0, 0.1) is 0 Å². The van der Waals surface area contributed by atoms with E-state index >= 15 is 0 Å². The number of hydrogen-bond acceptors (Lipinski definition) is 2. The fourth-order valence-electron chi connectivity index (χ4n) is 1.26. The third-order valence-corrected chi connectivity index (χ3v) is 2.06. The second-order valence-corrected chi connectivity index (χ2v) is 3.13. The van der Waals surface area contributed by atoms with Crippen LogP contribution in [0.4, 0.5) is 0 Å². The van der Waals surface area contributed by atoms with Crippen LogP contribution in [0.3, 0.4) is 0 Å². The van der Waals surface area contributed by atoms with Gasteiger partial charge >= 0.3 is 0 Å². The summed E-state index contributed by atoms with van der Waals surface area (Å²) in [6, 6.07) is 8.13. The van der Waals surface area contributed by atoms with E-state index in [0.29, 0.717) is 5.71 Å². The Morgan fingerprint density at radius 1 is 1.31 bits per heavy atom. The molecule has 0 heterocycles. The third kappa shape index (κ3) is 2.58. The largest absolute Gasteiger partial charge is 0.411 e. The average Bonchev–Trinajstić information content (AvgIpc) is 2.18. The highest BCUT2D eigenvalue weighted by atomic mass is 16.4. The zero-order valence-corrected chi connectivity index (χ0v) is 8.12. The maximum absolute atomic E-state index is 8.55. The number of hydrogen-bond donors (Lipinski definition) is 1. The van der Waals surface area contributed by atoms with Gasteiger partial charge in [-0.25, -0.2) is 0 Å². The van der Waals surface area contributed by atoms with E-state index in [2.05, 4.69) is 24.2 Å². The maximum atomic E-state index is 8.55. The first kappa shape index (κ1) is 9.78. The second-order valence-electron chi connectivity index (χ2n) is 3.13. The van der Waals surface area contributed by atoms with Gasteiger partial charge in [-0.05, 0) is 24.5 Å². The number of nitrogens with zero attached hydrogens (tertiary/aromatic N) is 1. The van der Waals surface area contributed by atoms with E-state index in [-0.39, 0.29) is 0 Å². The van der Waals surface area contributed by atoms with Crippen LogP contribution in [0.25, 0.3) is 0 Å². The first-order valence-electron chi connectivity index (χ1n) is 4.56. The fraction of sp³-hybridized carbons (Fsp3) is 0.364. The molecule has 1 aromatic rings. The van der Waals surface area contributed by atoms with Gasteiger partial charge in [-0.2, -0.15) is 0 Å². The van der Waals surface area contributed by atoms with Crippen LogP contribution in [-0.2, 0) is 6.42 Å². The molecule has 1 N–H and O–H groups in total. The van der Waals surface area contributed by atoms with Crippen LogP contribution in [-0.4, -0.2) is 10.9 Å². The molecule has 0 fully saturated rings. The molecule has 0 amide bonds. The highest BCUT2D eigenvalue weighted by molar-refractivity contribution is 5.98. The Morgan fingerprint density at radius 2 is 1.92 bits per heavy atom. The lowest BCUT2D eigenvalue weighted by atomic mass is 10.1. The van der Waals surface area contributed by atoms with Crippen molar-refractivity contribution in [3.8, 4) is 0 Å². The molecular weight excluding hydrogens is 162 g/mol. The van der Waals surface area contributed by atoms with Gasteiger partial charge in [0, 0.05) is 0 Å². The van der Waals surface area contributed by atoms with Gasteiger partial charge in [0.25, 0.3) is 0 Å². The quantitative estimate of drug-likeness (QED) is 0.430. The van der Waals surface area contributed by atoms with Gasteiger partial charge in [0.05, 0.1) is 5.71 Å². The highest BCUT2D eigenvalue weighted by Gasteiger charge is 1.97. The molecule has 1 aromatic carbocycles. The van der Waals surface area contributed by atoms with Crippen molar-refractivity contribution in [1.82, 2.24) is 0 Å². The fourth-order valence-corrected chi connectivity index (χ4v) is 1.26. The summed E-state index contributed by atoms with van der Waals surface area (Å²) in [5, 5.41) is 11.7. The molecule has 2 heteroatoms. The van der Waals surface area contributed by atoms with Crippen molar-refractivity contribution in [2.45, 2.75) is 26.7 Å². The van der Waals surface area contributed by atoms with Crippen molar-refractivity contribution in [2.24, 2.45) is 5.16 Å². The Bertz CT molecular complexity index is 287. The number of rotatable bonds is 3. The lowest BCUT2D eigenvalue weighted by Crippen LogP contribution is -1.94. The van der Waals surface area contributed by atoms with Crippen molar-refractivity contribution < 1.29 is 5.21 Å². The normalized spacial score (nSPS) is 11.7. The Hall–Kier alpha value is -1.31. The van der Waals surface area contributed by atoms with Crippen molar-refractivity contribution in [1.29, 1.82) is 0 Å². The monoisotopic (exact) mass is 177 g/mol. The summed E-state index contributed by atoms with van der Waals surface area (Å²) in [4.78, 5) is 0. The van der Waals surface area contributed by atoms with Gasteiger partial charge < -0.3 is 5.21 Å². The zero-order chi connectivity index (χ0) is 9.68. The molecule has 0 aliphatic rings. The minimum atomic E-state index is 0.656. The first-order chi connectivity index (χ1) is 6.27. The van der Waals surface area contributed by atoms with E-state index in [1.807, 2.05) is 12.1 Å². The van der Waals surface area contributed by atoms with Crippen molar-refractivity contribution >= 4 is 5.71 Å². The standard InChI is InChI=1S/C11H15NO/c1-3-4-10-5-7-11(8-6-10)9(2)12-13/h5-8,13H,3-4H2,1-2H3/b12-9-. The SMILES string of the molecule is CCCc1ccc(/C(C)=N\O)cc1. The predicted molar refractivity (Wildman–Crippen MR) is 54.4 cm³/mol. The second kappa shape index (κ2) is 4.65. The van der Waals surface area contributed by atoms with Crippen molar-refractivity contribution in [2.75, 3.05) is 0 Å². The lowest BCUT2D eigenvalue weighted by molar-refractivity contribution is 0.319. The molecule has 0 aliphatic carbocycles. The van der Waals surface area contributed by atoms with E-state index in [0.717, 1.165) is 18.4 Å². The minimum Gasteiger partial charge on any atom is -0.411 e.